The third kappa shape index (κ3) is 4.44. The number of carbonyl (C=O) groups excluding carboxylic acids is 1. The highest BCUT2D eigenvalue weighted by Gasteiger charge is 2.32. The molecule has 0 aromatic heterocycles. The number of allylic oxidation sites excluding steroid dienone is 3. The van der Waals surface area contributed by atoms with Crippen LogP contribution in [0.25, 0.3) is 0 Å². The third-order valence-corrected chi connectivity index (χ3v) is 6.00. The minimum absolute atomic E-state index is 0.0621. The minimum Gasteiger partial charge on any atom is -0.497 e. The van der Waals surface area contributed by atoms with Crippen LogP contribution in [-0.2, 0) is 14.8 Å². The van der Waals surface area contributed by atoms with E-state index in [1.807, 2.05) is 13.0 Å². The smallest absolute Gasteiger partial charge is 0.247 e. The van der Waals surface area contributed by atoms with Crippen molar-refractivity contribution >= 4 is 15.9 Å². The van der Waals surface area contributed by atoms with Crippen LogP contribution < -0.4 is 9.47 Å². The molecule has 0 spiro atoms. The highest BCUT2D eigenvalue weighted by atomic mass is 32.2. The molecule has 2 rings (SSSR count). The molecule has 0 unspecified atom stereocenters. The fraction of sp³-hybridized carbons (Fsp3) is 0.389. The Balaban J connectivity index is 2.14. The van der Waals surface area contributed by atoms with E-state index in [0.29, 0.717) is 18.8 Å². The molecule has 0 radical (unpaired) electrons. The number of rotatable bonds is 6. The van der Waals surface area contributed by atoms with E-state index in [4.69, 9.17) is 9.47 Å². The van der Waals surface area contributed by atoms with Gasteiger partial charge in [0, 0.05) is 38.3 Å². The fourth-order valence-electron chi connectivity index (χ4n) is 2.63. The molecule has 7 nitrogen and oxygen atoms in total. The average molecular weight is 380 g/mol. The summed E-state index contributed by atoms with van der Waals surface area (Å²) in [5.41, 5.74) is 0. The van der Waals surface area contributed by atoms with Crippen LogP contribution in [0.5, 0.6) is 11.5 Å². The number of carbonyl (C=O) groups is 1. The van der Waals surface area contributed by atoms with Gasteiger partial charge in [0.2, 0.25) is 15.9 Å². The molecule has 0 aliphatic carbocycles. The molecule has 1 saturated heterocycles. The largest absolute Gasteiger partial charge is 0.497 e. The SMILES string of the molecule is C/C=C/C=C/C(=O)N1CCN(S(=O)(=O)c2cc(OC)ccc2OC)CC1. The van der Waals surface area contributed by atoms with Crippen LogP contribution in [-0.4, -0.2) is 63.9 Å². The van der Waals surface area contributed by atoms with Crippen molar-refractivity contribution in [2.75, 3.05) is 40.4 Å². The summed E-state index contributed by atoms with van der Waals surface area (Å²) in [6.07, 6.45) is 6.76. The van der Waals surface area contributed by atoms with Gasteiger partial charge < -0.3 is 14.4 Å². The maximum atomic E-state index is 13.0. The standard InChI is InChI=1S/C18H24N2O5S/c1-4-5-6-7-18(21)19-10-12-20(13-11-19)26(22,23)17-14-15(24-2)8-9-16(17)25-3/h4-9,14H,10-13H2,1-3H3/b5-4+,7-6+. The quantitative estimate of drug-likeness (QED) is 0.554. The Kier molecular flexibility index (Phi) is 6.82. The van der Waals surface area contributed by atoms with Crippen molar-refractivity contribution in [3.05, 3.63) is 42.5 Å². The Morgan fingerprint density at radius 2 is 1.77 bits per heavy atom. The van der Waals surface area contributed by atoms with Gasteiger partial charge in [-0.3, -0.25) is 4.79 Å². The summed E-state index contributed by atoms with van der Waals surface area (Å²) in [4.78, 5) is 13.8. The lowest BCUT2D eigenvalue weighted by Crippen LogP contribution is -2.50. The average Bonchev–Trinajstić information content (AvgIpc) is 2.67. The van der Waals surface area contributed by atoms with Crippen molar-refractivity contribution in [1.82, 2.24) is 9.21 Å². The number of methoxy groups -OCH3 is 2. The summed E-state index contributed by atoms with van der Waals surface area (Å²) in [6, 6.07) is 4.66. The van der Waals surface area contributed by atoms with Crippen LogP contribution in [0.1, 0.15) is 6.92 Å². The number of hydrogen-bond acceptors (Lipinski definition) is 5. The molecule has 0 bridgehead atoms. The first-order chi connectivity index (χ1) is 12.4. The van der Waals surface area contributed by atoms with Gasteiger partial charge in [-0.25, -0.2) is 8.42 Å². The first kappa shape index (κ1) is 20.0. The van der Waals surface area contributed by atoms with Gasteiger partial charge >= 0.3 is 0 Å². The Morgan fingerprint density at radius 3 is 2.35 bits per heavy atom. The van der Waals surface area contributed by atoms with E-state index in [2.05, 4.69) is 0 Å². The van der Waals surface area contributed by atoms with Crippen molar-refractivity contribution in [2.24, 2.45) is 0 Å². The molecular weight excluding hydrogens is 356 g/mol. The lowest BCUT2D eigenvalue weighted by Gasteiger charge is -2.33. The molecule has 0 N–H and O–H groups in total. The van der Waals surface area contributed by atoms with Crippen LogP contribution >= 0.6 is 0 Å². The van der Waals surface area contributed by atoms with E-state index in [1.54, 1.807) is 29.2 Å². The van der Waals surface area contributed by atoms with Crippen molar-refractivity contribution in [3.8, 4) is 11.5 Å². The Hall–Kier alpha value is -2.32. The first-order valence-electron chi connectivity index (χ1n) is 8.24. The molecule has 142 valence electrons. The van der Waals surface area contributed by atoms with Gasteiger partial charge in [0.1, 0.15) is 16.4 Å². The van der Waals surface area contributed by atoms with Gasteiger partial charge in [-0.1, -0.05) is 18.2 Å². The summed E-state index contributed by atoms with van der Waals surface area (Å²) in [6.45, 7) is 3.00. The van der Waals surface area contributed by atoms with Crippen molar-refractivity contribution in [2.45, 2.75) is 11.8 Å². The van der Waals surface area contributed by atoms with Gasteiger partial charge in [0.05, 0.1) is 14.2 Å². The fourth-order valence-corrected chi connectivity index (χ4v) is 4.22. The number of sulfonamides is 1. The lowest BCUT2D eigenvalue weighted by molar-refractivity contribution is -0.127. The molecule has 8 heteroatoms. The molecule has 1 amide bonds. The van der Waals surface area contributed by atoms with Gasteiger partial charge in [-0.05, 0) is 19.1 Å². The van der Waals surface area contributed by atoms with Crippen LogP contribution in [0.3, 0.4) is 0 Å². The highest BCUT2D eigenvalue weighted by Crippen LogP contribution is 2.31. The molecule has 1 fully saturated rings. The predicted molar refractivity (Wildman–Crippen MR) is 98.8 cm³/mol. The Labute approximate surface area is 154 Å². The zero-order chi connectivity index (χ0) is 19.2. The summed E-state index contributed by atoms with van der Waals surface area (Å²) >= 11 is 0. The second kappa shape index (κ2) is 8.86. The molecule has 1 aliphatic heterocycles. The summed E-state index contributed by atoms with van der Waals surface area (Å²) in [5, 5.41) is 0. The molecule has 1 aromatic rings. The number of nitrogens with zero attached hydrogens (tertiary/aromatic N) is 2. The number of benzene rings is 1. The van der Waals surface area contributed by atoms with E-state index >= 15 is 0 Å². The van der Waals surface area contributed by atoms with E-state index < -0.39 is 10.0 Å². The number of hydrogen-bond donors (Lipinski definition) is 0. The zero-order valence-electron chi connectivity index (χ0n) is 15.2. The van der Waals surface area contributed by atoms with Crippen molar-refractivity contribution < 1.29 is 22.7 Å². The zero-order valence-corrected chi connectivity index (χ0v) is 16.0. The Bertz CT molecular complexity index is 794. The summed E-state index contributed by atoms with van der Waals surface area (Å²) in [7, 11) is -0.845. The van der Waals surface area contributed by atoms with Crippen molar-refractivity contribution in [3.63, 3.8) is 0 Å². The lowest BCUT2D eigenvalue weighted by atomic mass is 10.3. The second-order valence-corrected chi connectivity index (χ2v) is 7.54. The summed E-state index contributed by atoms with van der Waals surface area (Å²) in [5.74, 6) is 0.574. The minimum atomic E-state index is -3.75. The van der Waals surface area contributed by atoms with E-state index in [1.165, 1.54) is 30.7 Å². The summed E-state index contributed by atoms with van der Waals surface area (Å²) < 4.78 is 37.7. The molecule has 1 aromatic carbocycles. The van der Waals surface area contributed by atoms with Crippen LogP contribution in [0, 0.1) is 0 Å². The molecule has 26 heavy (non-hydrogen) atoms. The monoisotopic (exact) mass is 380 g/mol. The highest BCUT2D eigenvalue weighted by molar-refractivity contribution is 7.89. The topological polar surface area (TPSA) is 76.2 Å². The first-order valence-corrected chi connectivity index (χ1v) is 9.68. The van der Waals surface area contributed by atoms with Crippen molar-refractivity contribution in [1.29, 1.82) is 0 Å². The van der Waals surface area contributed by atoms with Gasteiger partial charge in [0.15, 0.2) is 0 Å². The van der Waals surface area contributed by atoms with Crippen LogP contribution in [0.2, 0.25) is 0 Å². The van der Waals surface area contributed by atoms with E-state index in [0.717, 1.165) is 0 Å². The molecule has 1 heterocycles. The molecular formula is C18H24N2O5S. The maximum Gasteiger partial charge on any atom is 0.247 e. The molecule has 1 aliphatic rings. The van der Waals surface area contributed by atoms with E-state index in [9.17, 15) is 13.2 Å². The third-order valence-electron chi connectivity index (χ3n) is 4.08. The maximum absolute atomic E-state index is 13.0. The molecule has 0 saturated carbocycles. The van der Waals surface area contributed by atoms with Crippen LogP contribution in [0.15, 0.2) is 47.4 Å². The Morgan fingerprint density at radius 1 is 1.08 bits per heavy atom. The normalized spacial score (nSPS) is 16.3. The second-order valence-electron chi connectivity index (χ2n) is 5.63. The van der Waals surface area contributed by atoms with Gasteiger partial charge in [0.25, 0.3) is 0 Å². The van der Waals surface area contributed by atoms with E-state index in [-0.39, 0.29) is 29.6 Å². The predicted octanol–water partition coefficient (Wildman–Crippen LogP) is 1.67. The van der Waals surface area contributed by atoms with Gasteiger partial charge in [-0.2, -0.15) is 4.31 Å². The number of amides is 1. The van der Waals surface area contributed by atoms with Crippen LogP contribution in [0.4, 0.5) is 0 Å². The number of piperazine rings is 1. The number of ether oxygens (including phenoxy) is 2. The molecule has 0 atom stereocenters. The van der Waals surface area contributed by atoms with Gasteiger partial charge in [-0.15, -0.1) is 0 Å².